The number of rotatable bonds is 3. The first kappa shape index (κ1) is 9.92. The molecule has 76 valence electrons. The van der Waals surface area contributed by atoms with Crippen LogP contribution in [-0.2, 0) is 0 Å². The molecule has 0 N–H and O–H groups in total. The first-order chi connectivity index (χ1) is 7.29. The monoisotopic (exact) mass is 223 g/mol. The van der Waals surface area contributed by atoms with Gasteiger partial charge in [0.15, 0.2) is 0 Å². The van der Waals surface area contributed by atoms with E-state index in [4.69, 9.17) is 4.42 Å². The SMILES string of the molecule is O=Cc1ccc(Sc2ncco2)c(F)c1. The zero-order valence-electron chi connectivity index (χ0n) is 7.51. The summed E-state index contributed by atoms with van der Waals surface area (Å²) in [6, 6.07) is 4.24. The Bertz CT molecular complexity index is 470. The Kier molecular flexibility index (Phi) is 2.82. The van der Waals surface area contributed by atoms with Gasteiger partial charge < -0.3 is 4.42 Å². The smallest absolute Gasteiger partial charge is 0.260 e. The number of hydrogen-bond acceptors (Lipinski definition) is 4. The second kappa shape index (κ2) is 4.27. The normalized spacial score (nSPS) is 10.2. The summed E-state index contributed by atoms with van der Waals surface area (Å²) in [7, 11) is 0. The van der Waals surface area contributed by atoms with E-state index in [1.165, 1.54) is 24.6 Å². The van der Waals surface area contributed by atoms with E-state index in [2.05, 4.69) is 4.98 Å². The molecule has 0 unspecified atom stereocenters. The van der Waals surface area contributed by atoms with Gasteiger partial charge in [0.05, 0.1) is 11.1 Å². The summed E-state index contributed by atoms with van der Waals surface area (Å²) in [5.41, 5.74) is 0.309. The second-order valence-electron chi connectivity index (χ2n) is 2.71. The van der Waals surface area contributed by atoms with E-state index < -0.39 is 5.82 Å². The number of oxazole rings is 1. The summed E-state index contributed by atoms with van der Waals surface area (Å²) in [5, 5.41) is 0.368. The highest BCUT2D eigenvalue weighted by molar-refractivity contribution is 7.99. The zero-order chi connectivity index (χ0) is 10.7. The highest BCUT2D eigenvalue weighted by Gasteiger charge is 2.07. The molecule has 0 saturated heterocycles. The minimum Gasteiger partial charge on any atom is -0.440 e. The van der Waals surface area contributed by atoms with E-state index in [0.29, 0.717) is 22.0 Å². The predicted octanol–water partition coefficient (Wildman–Crippen LogP) is 2.78. The van der Waals surface area contributed by atoms with Gasteiger partial charge in [-0.15, -0.1) is 0 Å². The van der Waals surface area contributed by atoms with Crippen molar-refractivity contribution in [3.05, 3.63) is 42.0 Å². The van der Waals surface area contributed by atoms with Crippen molar-refractivity contribution in [2.45, 2.75) is 10.1 Å². The van der Waals surface area contributed by atoms with Crippen LogP contribution in [0.4, 0.5) is 4.39 Å². The number of benzene rings is 1. The average molecular weight is 223 g/mol. The van der Waals surface area contributed by atoms with Crippen LogP contribution < -0.4 is 0 Å². The molecule has 0 aliphatic heterocycles. The molecule has 15 heavy (non-hydrogen) atoms. The summed E-state index contributed by atoms with van der Waals surface area (Å²) >= 11 is 1.07. The molecule has 0 fully saturated rings. The van der Waals surface area contributed by atoms with E-state index >= 15 is 0 Å². The van der Waals surface area contributed by atoms with Crippen LogP contribution in [0.2, 0.25) is 0 Å². The fraction of sp³-hybridized carbons (Fsp3) is 0. The second-order valence-corrected chi connectivity index (χ2v) is 3.70. The molecule has 0 radical (unpaired) electrons. The highest BCUT2D eigenvalue weighted by atomic mass is 32.2. The van der Waals surface area contributed by atoms with Gasteiger partial charge in [0.25, 0.3) is 5.22 Å². The maximum atomic E-state index is 13.4. The molecule has 1 aromatic carbocycles. The van der Waals surface area contributed by atoms with Gasteiger partial charge in [0, 0.05) is 5.56 Å². The number of aldehydes is 1. The number of carbonyl (C=O) groups is 1. The Labute approximate surface area is 89.3 Å². The molecule has 2 aromatic rings. The fourth-order valence-electron chi connectivity index (χ4n) is 1.03. The lowest BCUT2D eigenvalue weighted by Gasteiger charge is -1.99. The molecule has 0 saturated carbocycles. The van der Waals surface area contributed by atoms with Gasteiger partial charge in [-0.05, 0) is 23.9 Å². The van der Waals surface area contributed by atoms with Crippen molar-refractivity contribution in [1.29, 1.82) is 0 Å². The molecule has 0 spiro atoms. The molecule has 1 heterocycles. The van der Waals surface area contributed by atoms with Crippen molar-refractivity contribution in [2.24, 2.45) is 0 Å². The van der Waals surface area contributed by atoms with Crippen LogP contribution in [-0.4, -0.2) is 11.3 Å². The van der Waals surface area contributed by atoms with Crippen molar-refractivity contribution in [3.8, 4) is 0 Å². The lowest BCUT2D eigenvalue weighted by molar-refractivity contribution is 0.112. The quantitative estimate of drug-likeness (QED) is 0.750. The average Bonchev–Trinajstić information content (AvgIpc) is 2.74. The highest BCUT2D eigenvalue weighted by Crippen LogP contribution is 2.28. The molecule has 1 aromatic heterocycles. The van der Waals surface area contributed by atoms with E-state index in [-0.39, 0.29) is 0 Å². The molecular formula is C10H6FNO2S. The number of hydrogen-bond donors (Lipinski definition) is 0. The topological polar surface area (TPSA) is 43.1 Å². The van der Waals surface area contributed by atoms with Crippen LogP contribution in [0.5, 0.6) is 0 Å². The van der Waals surface area contributed by atoms with Crippen LogP contribution in [0.25, 0.3) is 0 Å². The lowest BCUT2D eigenvalue weighted by atomic mass is 10.2. The Balaban J connectivity index is 2.26. The molecule has 0 aliphatic rings. The van der Waals surface area contributed by atoms with Gasteiger partial charge in [0.2, 0.25) is 0 Å². The first-order valence-electron chi connectivity index (χ1n) is 4.11. The van der Waals surface area contributed by atoms with Crippen molar-refractivity contribution in [2.75, 3.05) is 0 Å². The van der Waals surface area contributed by atoms with Crippen LogP contribution in [0.3, 0.4) is 0 Å². The Hall–Kier alpha value is -1.62. The van der Waals surface area contributed by atoms with Crippen molar-refractivity contribution in [1.82, 2.24) is 4.98 Å². The molecule has 0 atom stereocenters. The van der Waals surface area contributed by atoms with Crippen molar-refractivity contribution < 1.29 is 13.6 Å². The Morgan fingerprint density at radius 2 is 2.33 bits per heavy atom. The maximum Gasteiger partial charge on any atom is 0.260 e. The van der Waals surface area contributed by atoms with Crippen LogP contribution in [0.15, 0.2) is 45.2 Å². The summed E-state index contributed by atoms with van der Waals surface area (Å²) in [6.07, 6.45) is 3.50. The minimum absolute atomic E-state index is 0.309. The first-order valence-corrected chi connectivity index (χ1v) is 4.93. The van der Waals surface area contributed by atoms with Crippen LogP contribution >= 0.6 is 11.8 Å². The van der Waals surface area contributed by atoms with E-state index in [0.717, 1.165) is 11.8 Å². The van der Waals surface area contributed by atoms with Gasteiger partial charge in [0.1, 0.15) is 18.4 Å². The molecule has 0 bridgehead atoms. The number of aromatic nitrogens is 1. The molecule has 3 nitrogen and oxygen atoms in total. The molecule has 2 rings (SSSR count). The lowest BCUT2D eigenvalue weighted by Crippen LogP contribution is -1.85. The van der Waals surface area contributed by atoms with Crippen molar-refractivity contribution >= 4 is 18.0 Å². The number of carbonyl (C=O) groups excluding carboxylic acids is 1. The van der Waals surface area contributed by atoms with Gasteiger partial charge in [-0.3, -0.25) is 4.79 Å². The van der Waals surface area contributed by atoms with Gasteiger partial charge in [-0.2, -0.15) is 0 Å². The Morgan fingerprint density at radius 3 is 2.93 bits per heavy atom. The number of nitrogens with zero attached hydrogens (tertiary/aromatic N) is 1. The summed E-state index contributed by atoms with van der Waals surface area (Å²) in [6.45, 7) is 0. The summed E-state index contributed by atoms with van der Waals surface area (Å²) in [4.78, 5) is 14.6. The fourth-order valence-corrected chi connectivity index (χ4v) is 1.73. The molecule has 0 amide bonds. The van der Waals surface area contributed by atoms with Crippen LogP contribution in [0.1, 0.15) is 10.4 Å². The van der Waals surface area contributed by atoms with Gasteiger partial charge in [-0.1, -0.05) is 6.07 Å². The third kappa shape index (κ3) is 2.24. The summed E-state index contributed by atoms with van der Waals surface area (Å²) < 4.78 is 18.3. The minimum atomic E-state index is -0.456. The largest absolute Gasteiger partial charge is 0.440 e. The molecule has 5 heteroatoms. The predicted molar refractivity (Wildman–Crippen MR) is 52.4 cm³/mol. The molecule has 0 aliphatic carbocycles. The summed E-state index contributed by atoms with van der Waals surface area (Å²) in [5.74, 6) is -0.456. The van der Waals surface area contributed by atoms with Gasteiger partial charge in [-0.25, -0.2) is 9.37 Å². The van der Waals surface area contributed by atoms with Crippen LogP contribution in [0, 0.1) is 5.82 Å². The zero-order valence-corrected chi connectivity index (χ0v) is 8.33. The Morgan fingerprint density at radius 1 is 1.47 bits per heavy atom. The van der Waals surface area contributed by atoms with Crippen molar-refractivity contribution in [3.63, 3.8) is 0 Å². The van der Waals surface area contributed by atoms with E-state index in [1.54, 1.807) is 6.07 Å². The number of halogens is 1. The van der Waals surface area contributed by atoms with E-state index in [1.807, 2.05) is 0 Å². The maximum absolute atomic E-state index is 13.4. The third-order valence-corrected chi connectivity index (χ3v) is 2.63. The standard InChI is InChI=1S/C10H6FNO2S/c11-8-5-7(6-13)1-2-9(8)15-10-12-3-4-14-10/h1-6H. The van der Waals surface area contributed by atoms with Gasteiger partial charge >= 0.3 is 0 Å². The van der Waals surface area contributed by atoms with E-state index in [9.17, 15) is 9.18 Å². The molecular weight excluding hydrogens is 217 g/mol. The third-order valence-electron chi connectivity index (χ3n) is 1.70.